The third kappa shape index (κ3) is 7.61. The summed E-state index contributed by atoms with van der Waals surface area (Å²) in [6.07, 6.45) is 1.02. The molecule has 0 saturated carbocycles. The molecule has 0 bridgehead atoms. The van der Waals surface area contributed by atoms with Crippen molar-refractivity contribution < 1.29 is 27.5 Å². The number of amides is 2. The van der Waals surface area contributed by atoms with Crippen molar-refractivity contribution in [3.63, 3.8) is 0 Å². The molecule has 2 aromatic rings. The zero-order chi connectivity index (χ0) is 26.3. The minimum Gasteiger partial charge on any atom is -0.497 e. The molecule has 0 unspecified atom stereocenters. The maximum atomic E-state index is 13.6. The summed E-state index contributed by atoms with van der Waals surface area (Å²) < 4.78 is 37.0. The first-order chi connectivity index (χ1) is 16.4. The lowest BCUT2D eigenvalue weighted by Crippen LogP contribution is -2.52. The van der Waals surface area contributed by atoms with Crippen molar-refractivity contribution in [2.75, 3.05) is 31.3 Å². The van der Waals surface area contributed by atoms with E-state index in [2.05, 4.69) is 5.32 Å². The molecule has 2 amide bonds. The van der Waals surface area contributed by atoms with Crippen LogP contribution in [0.25, 0.3) is 0 Å². The van der Waals surface area contributed by atoms with Crippen molar-refractivity contribution in [1.29, 1.82) is 0 Å². The Morgan fingerprint density at radius 1 is 1.00 bits per heavy atom. The van der Waals surface area contributed by atoms with Crippen molar-refractivity contribution in [3.8, 4) is 11.5 Å². The second kappa shape index (κ2) is 11.9. The molecule has 0 aromatic heterocycles. The van der Waals surface area contributed by atoms with Crippen LogP contribution in [0, 0.1) is 6.92 Å². The van der Waals surface area contributed by atoms with Crippen LogP contribution < -0.4 is 19.1 Å². The van der Waals surface area contributed by atoms with E-state index in [-0.39, 0.29) is 29.9 Å². The fraction of sp³-hybridized carbons (Fsp3) is 0.440. The Hall–Kier alpha value is -3.27. The average Bonchev–Trinajstić information content (AvgIpc) is 2.80. The Morgan fingerprint density at radius 2 is 1.63 bits per heavy atom. The van der Waals surface area contributed by atoms with Crippen LogP contribution in [0.3, 0.4) is 0 Å². The Balaban J connectivity index is 2.45. The maximum Gasteiger partial charge on any atom is 0.244 e. The van der Waals surface area contributed by atoms with Gasteiger partial charge in [-0.2, -0.15) is 0 Å². The average molecular weight is 506 g/mol. The molecule has 1 atom stereocenters. The second-order valence-electron chi connectivity index (χ2n) is 8.65. The number of hydrogen-bond donors (Lipinski definition) is 1. The van der Waals surface area contributed by atoms with Gasteiger partial charge in [-0.3, -0.25) is 13.9 Å². The Bertz CT molecular complexity index is 1130. The molecule has 1 N–H and O–H groups in total. The molecule has 0 spiro atoms. The molecule has 0 aliphatic carbocycles. The highest BCUT2D eigenvalue weighted by molar-refractivity contribution is 7.92. The van der Waals surface area contributed by atoms with E-state index in [4.69, 9.17) is 9.47 Å². The fourth-order valence-corrected chi connectivity index (χ4v) is 4.32. The van der Waals surface area contributed by atoms with Gasteiger partial charge in [0.1, 0.15) is 24.1 Å². The van der Waals surface area contributed by atoms with Crippen molar-refractivity contribution in [2.45, 2.75) is 46.3 Å². The SMILES string of the molecule is COc1ccc(N(CC(=O)N(Cc2ccc(C)cc2)[C@@H](C)C(=O)NC(C)C)S(C)(=O)=O)c(OC)c1. The van der Waals surface area contributed by atoms with Gasteiger partial charge in [-0.25, -0.2) is 8.42 Å². The molecule has 35 heavy (non-hydrogen) atoms. The first kappa shape index (κ1) is 28.0. The predicted octanol–water partition coefficient (Wildman–Crippen LogP) is 2.72. The number of rotatable bonds is 11. The van der Waals surface area contributed by atoms with Crippen LogP contribution in [-0.2, 0) is 26.2 Å². The van der Waals surface area contributed by atoms with Crippen molar-refractivity contribution in [1.82, 2.24) is 10.2 Å². The van der Waals surface area contributed by atoms with Gasteiger partial charge in [0.2, 0.25) is 21.8 Å². The molecule has 0 aliphatic rings. The van der Waals surface area contributed by atoms with Crippen molar-refractivity contribution >= 4 is 27.5 Å². The molecule has 2 aromatic carbocycles. The minimum absolute atomic E-state index is 0.114. The summed E-state index contributed by atoms with van der Waals surface area (Å²) in [5.74, 6) is -0.141. The number of benzene rings is 2. The van der Waals surface area contributed by atoms with Gasteiger partial charge >= 0.3 is 0 Å². The number of carbonyl (C=O) groups excluding carboxylic acids is 2. The maximum absolute atomic E-state index is 13.6. The number of nitrogens with one attached hydrogen (secondary N) is 1. The third-order valence-electron chi connectivity index (χ3n) is 5.41. The molecule has 0 heterocycles. The molecule has 0 aliphatic heterocycles. The van der Waals surface area contributed by atoms with E-state index in [1.165, 1.54) is 25.2 Å². The van der Waals surface area contributed by atoms with Crippen LogP contribution in [0.15, 0.2) is 42.5 Å². The summed E-state index contributed by atoms with van der Waals surface area (Å²) >= 11 is 0. The number of sulfonamides is 1. The lowest BCUT2D eigenvalue weighted by molar-refractivity contribution is -0.139. The number of carbonyl (C=O) groups is 2. The molecular weight excluding hydrogens is 470 g/mol. The lowest BCUT2D eigenvalue weighted by atomic mass is 10.1. The number of nitrogens with zero attached hydrogens (tertiary/aromatic N) is 2. The topological polar surface area (TPSA) is 105 Å². The van der Waals surface area contributed by atoms with Gasteiger partial charge < -0.3 is 19.7 Å². The quantitative estimate of drug-likeness (QED) is 0.504. The highest BCUT2D eigenvalue weighted by Crippen LogP contribution is 2.33. The summed E-state index contributed by atoms with van der Waals surface area (Å²) in [6, 6.07) is 11.3. The van der Waals surface area contributed by atoms with Crippen LogP contribution in [0.1, 0.15) is 31.9 Å². The van der Waals surface area contributed by atoms with E-state index < -0.39 is 28.5 Å². The molecule has 0 fully saturated rings. The summed E-state index contributed by atoms with van der Waals surface area (Å²) in [6.45, 7) is 6.88. The van der Waals surface area contributed by atoms with Crippen LogP contribution in [0.4, 0.5) is 5.69 Å². The zero-order valence-electron chi connectivity index (χ0n) is 21.4. The number of aryl methyl sites for hydroxylation is 1. The monoisotopic (exact) mass is 505 g/mol. The predicted molar refractivity (Wildman–Crippen MR) is 136 cm³/mol. The first-order valence-electron chi connectivity index (χ1n) is 11.2. The first-order valence-corrected chi connectivity index (χ1v) is 13.1. The molecular formula is C25H35N3O6S. The lowest BCUT2D eigenvalue weighted by Gasteiger charge is -2.32. The van der Waals surface area contributed by atoms with E-state index in [0.717, 1.165) is 21.7 Å². The van der Waals surface area contributed by atoms with E-state index in [9.17, 15) is 18.0 Å². The van der Waals surface area contributed by atoms with Gasteiger partial charge in [-0.05, 0) is 45.4 Å². The van der Waals surface area contributed by atoms with Gasteiger partial charge in [-0.15, -0.1) is 0 Å². The van der Waals surface area contributed by atoms with Gasteiger partial charge in [0, 0.05) is 18.7 Å². The van der Waals surface area contributed by atoms with Gasteiger partial charge in [-0.1, -0.05) is 29.8 Å². The molecule has 0 saturated heterocycles. The normalized spacial score (nSPS) is 12.1. The van der Waals surface area contributed by atoms with E-state index in [1.54, 1.807) is 19.1 Å². The van der Waals surface area contributed by atoms with Crippen LogP contribution in [0.5, 0.6) is 11.5 Å². The van der Waals surface area contributed by atoms with Gasteiger partial charge in [0.15, 0.2) is 0 Å². The summed E-state index contributed by atoms with van der Waals surface area (Å²) in [4.78, 5) is 27.8. The molecule has 2 rings (SSSR count). The third-order valence-corrected chi connectivity index (χ3v) is 6.53. The Kier molecular flexibility index (Phi) is 9.53. The number of hydrogen-bond acceptors (Lipinski definition) is 6. The van der Waals surface area contributed by atoms with E-state index in [1.807, 2.05) is 45.0 Å². The van der Waals surface area contributed by atoms with Crippen molar-refractivity contribution in [2.24, 2.45) is 0 Å². The van der Waals surface area contributed by atoms with Crippen LogP contribution in [-0.4, -0.2) is 64.2 Å². The smallest absolute Gasteiger partial charge is 0.244 e. The number of anilines is 1. The van der Waals surface area contributed by atoms with Crippen LogP contribution >= 0.6 is 0 Å². The highest BCUT2D eigenvalue weighted by Gasteiger charge is 2.31. The Labute approximate surface area is 208 Å². The summed E-state index contributed by atoms with van der Waals surface area (Å²) in [5.41, 5.74) is 2.08. The summed E-state index contributed by atoms with van der Waals surface area (Å²) in [7, 11) is -0.987. The molecule has 9 nitrogen and oxygen atoms in total. The van der Waals surface area contributed by atoms with Gasteiger partial charge in [0.25, 0.3) is 0 Å². The second-order valence-corrected chi connectivity index (χ2v) is 10.6. The number of methoxy groups -OCH3 is 2. The standard InChI is InChI=1S/C25H35N3O6S/c1-17(2)26-25(30)19(4)27(15-20-10-8-18(3)9-11-20)24(29)16-28(35(7,31)32)22-13-12-21(33-5)14-23(22)34-6/h8-14,17,19H,15-16H2,1-7H3,(H,26,30)/t19-/m0/s1. The van der Waals surface area contributed by atoms with Crippen molar-refractivity contribution in [3.05, 3.63) is 53.6 Å². The minimum atomic E-state index is -3.88. The van der Waals surface area contributed by atoms with E-state index in [0.29, 0.717) is 5.75 Å². The Morgan fingerprint density at radius 3 is 2.14 bits per heavy atom. The highest BCUT2D eigenvalue weighted by atomic mass is 32.2. The number of ether oxygens (including phenoxy) is 2. The van der Waals surface area contributed by atoms with Crippen LogP contribution in [0.2, 0.25) is 0 Å². The van der Waals surface area contributed by atoms with Gasteiger partial charge in [0.05, 0.1) is 26.2 Å². The molecule has 192 valence electrons. The van der Waals surface area contributed by atoms with E-state index >= 15 is 0 Å². The molecule has 10 heteroatoms. The molecule has 0 radical (unpaired) electrons. The summed E-state index contributed by atoms with van der Waals surface area (Å²) in [5, 5.41) is 2.82. The fourth-order valence-electron chi connectivity index (χ4n) is 3.46. The zero-order valence-corrected chi connectivity index (χ0v) is 22.2. The largest absolute Gasteiger partial charge is 0.497 e.